The van der Waals surface area contributed by atoms with E-state index < -0.39 is 0 Å². The van der Waals surface area contributed by atoms with E-state index in [1.165, 1.54) is 0 Å². The van der Waals surface area contributed by atoms with Crippen molar-refractivity contribution in [3.05, 3.63) is 119 Å². The van der Waals surface area contributed by atoms with Crippen molar-refractivity contribution in [3.63, 3.8) is 0 Å². The molecule has 1 aliphatic rings. The molecule has 4 aromatic carbocycles. The van der Waals surface area contributed by atoms with Crippen LogP contribution in [0.1, 0.15) is 28.2 Å². The largest absolute Gasteiger partial charge is 0.493 e. The summed E-state index contributed by atoms with van der Waals surface area (Å²) in [7, 11) is 3.27. The summed E-state index contributed by atoms with van der Waals surface area (Å²) in [5, 5.41) is 11.5. The van der Waals surface area contributed by atoms with E-state index in [-0.39, 0.29) is 5.92 Å². The Bertz CT molecular complexity index is 1660. The number of hydrogen-bond donors (Lipinski definition) is 1. The molecule has 6 heteroatoms. The van der Waals surface area contributed by atoms with Gasteiger partial charge in [-0.15, -0.1) is 0 Å². The number of ether oxygens (including phenoxy) is 3. The number of benzene rings is 4. The van der Waals surface area contributed by atoms with E-state index in [4.69, 9.17) is 14.2 Å². The van der Waals surface area contributed by atoms with Gasteiger partial charge >= 0.3 is 0 Å². The molecule has 6 nitrogen and oxygen atoms in total. The van der Waals surface area contributed by atoms with Crippen LogP contribution in [0.15, 0.2) is 91.3 Å². The molecule has 0 unspecified atom stereocenters. The van der Waals surface area contributed by atoms with Crippen LogP contribution in [-0.4, -0.2) is 23.8 Å². The number of nitrogens with one attached hydrogen (secondary N) is 1. The molecule has 2 heterocycles. The molecule has 1 aromatic heterocycles. The second kappa shape index (κ2) is 9.47. The molecular weight excluding hydrogens is 462 g/mol. The van der Waals surface area contributed by atoms with Crippen LogP contribution in [-0.2, 0) is 13.0 Å². The lowest BCUT2D eigenvalue weighted by Crippen LogP contribution is -2.30. The van der Waals surface area contributed by atoms with Crippen molar-refractivity contribution < 1.29 is 14.2 Å². The van der Waals surface area contributed by atoms with E-state index in [0.717, 1.165) is 38.8 Å². The van der Waals surface area contributed by atoms with E-state index in [1.54, 1.807) is 20.5 Å². The van der Waals surface area contributed by atoms with Crippen LogP contribution in [0.3, 0.4) is 0 Å². The van der Waals surface area contributed by atoms with Gasteiger partial charge in [0.25, 0.3) is 0 Å². The fourth-order valence-electron chi connectivity index (χ4n) is 5.19. The van der Waals surface area contributed by atoms with Gasteiger partial charge < -0.3 is 18.8 Å². The van der Waals surface area contributed by atoms with E-state index in [9.17, 15) is 5.41 Å². The van der Waals surface area contributed by atoms with Crippen molar-refractivity contribution in [1.29, 1.82) is 5.41 Å². The molecule has 1 N–H and O–H groups in total. The zero-order valence-electron chi connectivity index (χ0n) is 20.8. The second-order valence-electron chi connectivity index (χ2n) is 9.09. The van der Waals surface area contributed by atoms with Gasteiger partial charge in [-0.2, -0.15) is 0 Å². The fourth-order valence-corrected chi connectivity index (χ4v) is 5.19. The minimum Gasteiger partial charge on any atom is -0.493 e. The summed E-state index contributed by atoms with van der Waals surface area (Å²) in [6, 6.07) is 28.7. The maximum Gasteiger partial charge on any atom is 0.228 e. The molecule has 0 fully saturated rings. The van der Waals surface area contributed by atoms with Gasteiger partial charge in [-0.05, 0) is 46.5 Å². The number of fused-ring (bicyclic) bond motifs is 4. The number of aromatic nitrogens is 2. The number of rotatable bonds is 6. The van der Waals surface area contributed by atoms with E-state index in [1.807, 2.05) is 59.2 Å². The van der Waals surface area contributed by atoms with Gasteiger partial charge in [0.1, 0.15) is 17.6 Å². The van der Waals surface area contributed by atoms with Crippen LogP contribution in [0.4, 0.5) is 0 Å². The number of aryl methyl sites for hydroxylation is 2. The van der Waals surface area contributed by atoms with Crippen molar-refractivity contribution in [2.75, 3.05) is 14.2 Å². The molecule has 0 saturated carbocycles. The van der Waals surface area contributed by atoms with E-state index in [2.05, 4.69) is 35.3 Å². The average Bonchev–Trinajstić information content (AvgIpc) is 2.96. The summed E-state index contributed by atoms with van der Waals surface area (Å²) in [5.41, 5.74) is 4.46. The molecule has 6 rings (SSSR count). The van der Waals surface area contributed by atoms with Gasteiger partial charge in [-0.25, -0.2) is 4.98 Å². The van der Waals surface area contributed by atoms with Crippen LogP contribution >= 0.6 is 0 Å². The van der Waals surface area contributed by atoms with Gasteiger partial charge in [0.05, 0.1) is 19.8 Å². The molecule has 0 amide bonds. The lowest BCUT2D eigenvalue weighted by atomic mass is 9.81. The minimum atomic E-state index is -0.167. The Kier molecular flexibility index (Phi) is 5.85. The van der Waals surface area contributed by atoms with E-state index >= 15 is 0 Å². The predicted molar refractivity (Wildman–Crippen MR) is 143 cm³/mol. The first-order valence-electron chi connectivity index (χ1n) is 12.3. The zero-order chi connectivity index (χ0) is 25.4. The Labute approximate surface area is 215 Å². The summed E-state index contributed by atoms with van der Waals surface area (Å²) in [6.45, 7) is 0.596. The summed E-state index contributed by atoms with van der Waals surface area (Å²) in [5.74, 6) is 2.50. The molecule has 1 atom stereocenters. The van der Waals surface area contributed by atoms with Crippen LogP contribution in [0.2, 0.25) is 0 Å². The third-order valence-electron chi connectivity index (χ3n) is 7.02. The first-order chi connectivity index (χ1) is 18.2. The van der Waals surface area contributed by atoms with Crippen LogP contribution < -0.4 is 19.7 Å². The Morgan fingerprint density at radius 2 is 1.65 bits per heavy atom. The highest BCUT2D eigenvalue weighted by molar-refractivity contribution is 5.90. The van der Waals surface area contributed by atoms with Crippen molar-refractivity contribution in [2.45, 2.75) is 18.9 Å². The zero-order valence-corrected chi connectivity index (χ0v) is 20.8. The van der Waals surface area contributed by atoms with Gasteiger partial charge in [0.15, 0.2) is 11.5 Å². The molecule has 1 aliphatic heterocycles. The van der Waals surface area contributed by atoms with Crippen LogP contribution in [0.5, 0.6) is 23.1 Å². The summed E-state index contributed by atoms with van der Waals surface area (Å²) < 4.78 is 19.0. The van der Waals surface area contributed by atoms with Crippen molar-refractivity contribution in [3.8, 4) is 23.1 Å². The lowest BCUT2D eigenvalue weighted by Gasteiger charge is -2.29. The van der Waals surface area contributed by atoms with Gasteiger partial charge in [-0.1, -0.05) is 66.7 Å². The second-order valence-corrected chi connectivity index (χ2v) is 9.09. The molecule has 5 aromatic rings. The maximum atomic E-state index is 9.26. The lowest BCUT2D eigenvalue weighted by molar-refractivity contribution is 0.354. The highest BCUT2D eigenvalue weighted by Crippen LogP contribution is 2.47. The standard InChI is InChI=1S/C31H27N3O3/c1-35-24-14-12-20(18-26(24)36-2)16-17-34-19-33-31-29(30(34)32)27(22-9-4-3-5-10-22)28-23-11-7-6-8-21(23)13-15-25(28)37-31/h3-15,18-19,27,32H,16-17H2,1-2H3/t27-/m0/s1. The molecular formula is C31H27N3O3. The monoisotopic (exact) mass is 489 g/mol. The highest BCUT2D eigenvalue weighted by atomic mass is 16.5. The first kappa shape index (κ1) is 22.9. The van der Waals surface area contributed by atoms with Crippen molar-refractivity contribution >= 4 is 10.8 Å². The Balaban J connectivity index is 1.45. The molecule has 0 spiro atoms. The van der Waals surface area contributed by atoms with Gasteiger partial charge in [0, 0.05) is 18.0 Å². The summed E-state index contributed by atoms with van der Waals surface area (Å²) >= 11 is 0. The minimum absolute atomic E-state index is 0.167. The Morgan fingerprint density at radius 3 is 2.46 bits per heavy atom. The third kappa shape index (κ3) is 4.00. The van der Waals surface area contributed by atoms with Crippen LogP contribution in [0.25, 0.3) is 10.8 Å². The van der Waals surface area contributed by atoms with Crippen molar-refractivity contribution in [2.24, 2.45) is 0 Å². The Hall–Kier alpha value is -4.58. The molecule has 0 radical (unpaired) electrons. The summed E-state index contributed by atoms with van der Waals surface area (Å²) in [4.78, 5) is 4.68. The molecule has 184 valence electrons. The molecule has 0 bridgehead atoms. The maximum absolute atomic E-state index is 9.26. The number of methoxy groups -OCH3 is 2. The fraction of sp³-hybridized carbons (Fsp3) is 0.161. The predicted octanol–water partition coefficient (Wildman–Crippen LogP) is 6.06. The molecule has 0 aliphatic carbocycles. The average molecular weight is 490 g/mol. The first-order valence-corrected chi connectivity index (χ1v) is 12.3. The molecule has 37 heavy (non-hydrogen) atoms. The SMILES string of the molecule is COc1ccc(CCn2cnc3c(c2=N)[C@@H](c2ccccc2)c2c(ccc4ccccc24)O3)cc1OC. The number of nitrogens with zero attached hydrogens (tertiary/aromatic N) is 2. The highest BCUT2D eigenvalue weighted by Gasteiger charge is 2.33. The van der Waals surface area contributed by atoms with Gasteiger partial charge in [-0.3, -0.25) is 5.41 Å². The van der Waals surface area contributed by atoms with Crippen molar-refractivity contribution in [1.82, 2.24) is 9.55 Å². The Morgan fingerprint density at radius 1 is 0.865 bits per heavy atom. The van der Waals surface area contributed by atoms with E-state index in [0.29, 0.717) is 35.8 Å². The van der Waals surface area contributed by atoms with Crippen LogP contribution in [0, 0.1) is 5.41 Å². The quantitative estimate of drug-likeness (QED) is 0.309. The third-order valence-corrected chi connectivity index (χ3v) is 7.02. The summed E-state index contributed by atoms with van der Waals surface area (Å²) in [6.07, 6.45) is 2.42. The molecule has 0 saturated heterocycles. The number of hydrogen-bond acceptors (Lipinski definition) is 5. The smallest absolute Gasteiger partial charge is 0.228 e. The topological polar surface area (TPSA) is 69.4 Å². The normalized spacial score (nSPS) is 13.9. The van der Waals surface area contributed by atoms with Gasteiger partial charge in [0.2, 0.25) is 5.88 Å².